The minimum atomic E-state index is -0.496. The van der Waals surface area contributed by atoms with Gasteiger partial charge in [-0.3, -0.25) is 9.59 Å². The summed E-state index contributed by atoms with van der Waals surface area (Å²) in [4.78, 5) is 29.0. The van der Waals surface area contributed by atoms with Gasteiger partial charge >= 0.3 is 0 Å². The summed E-state index contributed by atoms with van der Waals surface area (Å²) in [5, 5.41) is 15.9. The van der Waals surface area contributed by atoms with Crippen molar-refractivity contribution in [2.45, 2.75) is 56.3 Å². The fourth-order valence-electron chi connectivity index (χ4n) is 5.27. The molecule has 3 aliphatic rings. The summed E-state index contributed by atoms with van der Waals surface area (Å²) in [6.07, 6.45) is 3.56. The molecule has 9 heteroatoms. The highest BCUT2D eigenvalue weighted by Crippen LogP contribution is 2.47. The normalized spacial score (nSPS) is 26.5. The van der Waals surface area contributed by atoms with Crippen LogP contribution >= 0.6 is 0 Å². The van der Waals surface area contributed by atoms with E-state index in [1.807, 2.05) is 37.2 Å². The lowest BCUT2D eigenvalue weighted by atomic mass is 9.84. The molecule has 4 atom stereocenters. The molecule has 3 heterocycles. The summed E-state index contributed by atoms with van der Waals surface area (Å²) in [6.45, 7) is 3.87. The first kappa shape index (κ1) is 24.9. The van der Waals surface area contributed by atoms with E-state index in [2.05, 4.69) is 15.5 Å². The van der Waals surface area contributed by atoms with E-state index >= 15 is 0 Å². The average molecular weight is 475 g/mol. The van der Waals surface area contributed by atoms with Crippen molar-refractivity contribution < 1.29 is 24.2 Å². The van der Waals surface area contributed by atoms with E-state index in [1.54, 1.807) is 0 Å². The molecule has 9 nitrogen and oxygen atoms in total. The van der Waals surface area contributed by atoms with E-state index in [-0.39, 0.29) is 43.0 Å². The van der Waals surface area contributed by atoms with Crippen LogP contribution in [0.2, 0.25) is 0 Å². The van der Waals surface area contributed by atoms with Gasteiger partial charge in [0.25, 0.3) is 0 Å². The standard InChI is InChI=1S/C25H38N4O5/c1-28(2)15-24(32)27-17-6-7-21-19(12-17)20-13-18(33-22(16-30)25(20)34-21)14-23(31)26-8-11-29-9-4-3-5-10-29/h6-7,12,18,20,22,25,30H,3-5,8-11,13-16H2,1-2H3,(H,26,31)(H,27,32)/t18-,20+,22+,25-/m0/s1. The molecule has 2 amide bonds. The van der Waals surface area contributed by atoms with Gasteiger partial charge in [0.05, 0.1) is 25.7 Å². The Morgan fingerprint density at radius 2 is 1.97 bits per heavy atom. The van der Waals surface area contributed by atoms with Crippen LogP contribution < -0.4 is 15.4 Å². The second-order valence-electron chi connectivity index (χ2n) is 9.90. The third-order valence-electron chi connectivity index (χ3n) is 6.85. The molecule has 0 aromatic heterocycles. The van der Waals surface area contributed by atoms with Crippen molar-refractivity contribution in [1.82, 2.24) is 15.1 Å². The predicted molar refractivity (Wildman–Crippen MR) is 129 cm³/mol. The molecule has 1 aromatic rings. The summed E-state index contributed by atoms with van der Waals surface area (Å²) in [5.41, 5.74) is 1.71. The van der Waals surface area contributed by atoms with Gasteiger partial charge in [0.15, 0.2) is 0 Å². The van der Waals surface area contributed by atoms with E-state index in [0.29, 0.717) is 25.2 Å². The zero-order valence-corrected chi connectivity index (χ0v) is 20.3. The molecule has 2 saturated heterocycles. The van der Waals surface area contributed by atoms with Crippen molar-refractivity contribution in [3.63, 3.8) is 0 Å². The summed E-state index contributed by atoms with van der Waals surface area (Å²) < 4.78 is 12.2. The van der Waals surface area contributed by atoms with Gasteiger partial charge in [-0.1, -0.05) is 6.42 Å². The van der Waals surface area contributed by atoms with E-state index in [4.69, 9.17) is 9.47 Å². The Morgan fingerprint density at radius 1 is 1.18 bits per heavy atom. The summed E-state index contributed by atoms with van der Waals surface area (Å²) in [7, 11) is 3.70. The molecular weight excluding hydrogens is 436 g/mol. The molecule has 34 heavy (non-hydrogen) atoms. The molecule has 3 aliphatic heterocycles. The zero-order valence-electron chi connectivity index (χ0n) is 20.3. The van der Waals surface area contributed by atoms with Crippen molar-refractivity contribution in [2.24, 2.45) is 0 Å². The van der Waals surface area contributed by atoms with Crippen LogP contribution in [0.4, 0.5) is 5.69 Å². The smallest absolute Gasteiger partial charge is 0.238 e. The first-order valence-electron chi connectivity index (χ1n) is 12.4. The van der Waals surface area contributed by atoms with Crippen LogP contribution in [-0.2, 0) is 14.3 Å². The summed E-state index contributed by atoms with van der Waals surface area (Å²) in [6, 6.07) is 5.63. The van der Waals surface area contributed by atoms with Crippen molar-refractivity contribution in [2.75, 3.05) is 58.7 Å². The molecule has 4 rings (SSSR count). The average Bonchev–Trinajstić information content (AvgIpc) is 3.16. The summed E-state index contributed by atoms with van der Waals surface area (Å²) >= 11 is 0. The largest absolute Gasteiger partial charge is 0.487 e. The van der Waals surface area contributed by atoms with Gasteiger partial charge < -0.3 is 35.0 Å². The molecule has 2 fully saturated rings. The number of ether oxygens (including phenoxy) is 2. The number of piperidine rings is 1. The maximum absolute atomic E-state index is 12.6. The fraction of sp³-hybridized carbons (Fsp3) is 0.680. The second-order valence-corrected chi connectivity index (χ2v) is 9.90. The molecule has 0 spiro atoms. The highest BCUT2D eigenvalue weighted by atomic mass is 16.6. The Kier molecular flexibility index (Phi) is 8.41. The van der Waals surface area contributed by atoms with Gasteiger partial charge in [-0.05, 0) is 64.6 Å². The lowest BCUT2D eigenvalue weighted by molar-refractivity contribution is -0.142. The Morgan fingerprint density at radius 3 is 2.71 bits per heavy atom. The number of rotatable bonds is 9. The van der Waals surface area contributed by atoms with E-state index in [9.17, 15) is 14.7 Å². The van der Waals surface area contributed by atoms with Gasteiger partial charge in [-0.15, -0.1) is 0 Å². The number of likely N-dealkylation sites (N-methyl/N-ethyl adjacent to an activating group) is 1. The van der Waals surface area contributed by atoms with Crippen LogP contribution in [0.5, 0.6) is 5.75 Å². The second kappa shape index (κ2) is 11.5. The Balaban J connectivity index is 1.35. The molecule has 0 aliphatic carbocycles. The topological polar surface area (TPSA) is 103 Å². The molecule has 0 radical (unpaired) electrons. The molecule has 1 aromatic carbocycles. The monoisotopic (exact) mass is 474 g/mol. The number of nitrogens with one attached hydrogen (secondary N) is 2. The van der Waals surface area contributed by atoms with E-state index < -0.39 is 6.10 Å². The quantitative estimate of drug-likeness (QED) is 0.494. The van der Waals surface area contributed by atoms with Crippen LogP contribution in [-0.4, -0.2) is 98.5 Å². The lowest BCUT2D eigenvalue weighted by Crippen LogP contribution is -2.47. The van der Waals surface area contributed by atoms with Crippen LogP contribution in [0.15, 0.2) is 18.2 Å². The van der Waals surface area contributed by atoms with Crippen molar-refractivity contribution in [1.29, 1.82) is 0 Å². The third-order valence-corrected chi connectivity index (χ3v) is 6.85. The van der Waals surface area contributed by atoms with Crippen LogP contribution in [0.25, 0.3) is 0 Å². The number of fused-ring (bicyclic) bond motifs is 3. The molecule has 3 N–H and O–H groups in total. The van der Waals surface area contributed by atoms with Crippen molar-refractivity contribution in [3.8, 4) is 5.75 Å². The maximum Gasteiger partial charge on any atom is 0.238 e. The number of carbonyl (C=O) groups excluding carboxylic acids is 2. The number of anilines is 1. The Hall–Kier alpha value is -2.20. The zero-order chi connectivity index (χ0) is 24.1. The first-order chi connectivity index (χ1) is 16.4. The van der Waals surface area contributed by atoms with Gasteiger partial charge in [-0.2, -0.15) is 0 Å². The van der Waals surface area contributed by atoms with Gasteiger partial charge in [0.2, 0.25) is 11.8 Å². The van der Waals surface area contributed by atoms with Crippen LogP contribution in [0, 0.1) is 0 Å². The van der Waals surface area contributed by atoms with Gasteiger partial charge in [-0.25, -0.2) is 0 Å². The SMILES string of the molecule is CN(C)CC(=O)Nc1ccc2c(c1)[C@H]1C[C@@H](CC(=O)NCCN3CCCCC3)O[C@H](CO)[C@H]1O2. The fourth-order valence-corrected chi connectivity index (χ4v) is 5.27. The number of likely N-dealkylation sites (tertiary alicyclic amines) is 1. The lowest BCUT2D eigenvalue weighted by Gasteiger charge is -2.37. The van der Waals surface area contributed by atoms with Crippen molar-refractivity contribution >= 4 is 17.5 Å². The molecular formula is C25H38N4O5. The number of carbonyl (C=O) groups is 2. The molecule has 188 valence electrons. The number of amides is 2. The number of nitrogens with zero attached hydrogens (tertiary/aromatic N) is 2. The molecule has 0 saturated carbocycles. The Labute approximate surface area is 201 Å². The van der Waals surface area contributed by atoms with Gasteiger partial charge in [0.1, 0.15) is 18.0 Å². The Bertz CT molecular complexity index is 858. The third kappa shape index (κ3) is 6.27. The van der Waals surface area contributed by atoms with Crippen LogP contribution in [0.3, 0.4) is 0 Å². The number of hydrogen-bond donors (Lipinski definition) is 3. The van der Waals surface area contributed by atoms with Crippen LogP contribution in [0.1, 0.15) is 43.6 Å². The highest BCUT2D eigenvalue weighted by molar-refractivity contribution is 5.92. The number of aliphatic hydroxyl groups is 1. The maximum atomic E-state index is 12.6. The van der Waals surface area contributed by atoms with Gasteiger partial charge in [0, 0.05) is 30.3 Å². The summed E-state index contributed by atoms with van der Waals surface area (Å²) in [5.74, 6) is 0.632. The first-order valence-corrected chi connectivity index (χ1v) is 12.4. The highest BCUT2D eigenvalue weighted by Gasteiger charge is 2.46. The number of aliphatic hydroxyl groups excluding tert-OH is 1. The van der Waals surface area contributed by atoms with Crippen molar-refractivity contribution in [3.05, 3.63) is 23.8 Å². The minimum Gasteiger partial charge on any atom is -0.487 e. The van der Waals surface area contributed by atoms with E-state index in [0.717, 1.165) is 30.9 Å². The predicted octanol–water partition coefficient (Wildman–Crippen LogP) is 1.17. The minimum absolute atomic E-state index is 0.00208. The number of hydrogen-bond acceptors (Lipinski definition) is 7. The van der Waals surface area contributed by atoms with E-state index in [1.165, 1.54) is 19.3 Å². The molecule has 0 unspecified atom stereocenters. The molecule has 0 bridgehead atoms. The number of benzene rings is 1.